The molecule has 0 aromatic rings. The third-order valence-corrected chi connectivity index (χ3v) is 3.61. The third kappa shape index (κ3) is 1.20. The molecule has 1 aliphatic heterocycles. The zero-order chi connectivity index (χ0) is 7.78. The summed E-state index contributed by atoms with van der Waals surface area (Å²) in [5, 5.41) is 0. The number of thioether (sulfide) groups is 1. The van der Waals surface area contributed by atoms with E-state index in [9.17, 15) is 4.79 Å². The van der Waals surface area contributed by atoms with E-state index in [1.165, 1.54) is 0 Å². The van der Waals surface area contributed by atoms with Gasteiger partial charge in [-0.2, -0.15) is 0 Å². The Labute approximate surface area is 66.0 Å². The second-order valence-corrected chi connectivity index (χ2v) is 4.69. The summed E-state index contributed by atoms with van der Waals surface area (Å²) in [5.74, 6) is 0.938. The Hall–Kier alpha value is -0.0200. The predicted molar refractivity (Wildman–Crippen MR) is 44.2 cm³/mol. The second kappa shape index (κ2) is 2.55. The van der Waals surface area contributed by atoms with Crippen LogP contribution in [0.3, 0.4) is 0 Å². The van der Waals surface area contributed by atoms with Gasteiger partial charge in [0.15, 0.2) is 0 Å². The van der Waals surface area contributed by atoms with E-state index in [-0.39, 0.29) is 10.9 Å². The normalized spacial score (nSPS) is 32.5. The smallest absolute Gasteiger partial charge is 0.137 e. The molecular weight excluding hydrogens is 146 g/mol. The summed E-state index contributed by atoms with van der Waals surface area (Å²) in [6.45, 7) is 4.28. The molecule has 0 aliphatic carbocycles. The fourth-order valence-electron chi connectivity index (χ4n) is 1.03. The van der Waals surface area contributed by atoms with Crippen molar-refractivity contribution in [3.8, 4) is 0 Å². The topological polar surface area (TPSA) is 20.3 Å². The molecule has 1 rings (SSSR count). The highest BCUT2D eigenvalue weighted by atomic mass is 32.2. The van der Waals surface area contributed by atoms with Crippen LogP contribution >= 0.6 is 11.8 Å². The van der Waals surface area contributed by atoms with Crippen molar-refractivity contribution in [3.05, 3.63) is 0 Å². The van der Waals surface area contributed by atoms with Crippen LogP contribution < -0.4 is 0 Å². The summed E-state index contributed by atoms with van der Waals surface area (Å²) >= 11 is 1.84. The van der Waals surface area contributed by atoms with Crippen LogP contribution in [0.25, 0.3) is 0 Å². The Morgan fingerprint density at radius 3 is 2.50 bits per heavy atom. The molecule has 3 heteroatoms. The Morgan fingerprint density at radius 2 is 2.30 bits per heavy atom. The molecule has 0 aromatic carbocycles. The molecule has 0 N–H and O–H groups in total. The highest BCUT2D eigenvalue weighted by molar-refractivity contribution is 8.00. The number of likely N-dealkylation sites (N-methyl/N-ethyl adjacent to an activating group) is 1. The summed E-state index contributed by atoms with van der Waals surface area (Å²) in [7, 11) is 2.00. The van der Waals surface area contributed by atoms with Crippen LogP contribution in [0.2, 0.25) is 0 Å². The van der Waals surface area contributed by atoms with Gasteiger partial charge in [0, 0.05) is 5.75 Å². The molecule has 0 radical (unpaired) electrons. The molecule has 1 atom stereocenters. The molecule has 1 unspecified atom stereocenters. The summed E-state index contributed by atoms with van der Waals surface area (Å²) < 4.78 is 0. The van der Waals surface area contributed by atoms with Gasteiger partial charge >= 0.3 is 0 Å². The number of rotatable bonds is 1. The van der Waals surface area contributed by atoms with Crippen molar-refractivity contribution in [1.29, 1.82) is 0 Å². The zero-order valence-electron chi connectivity index (χ0n) is 6.63. The Balaban J connectivity index is 2.66. The van der Waals surface area contributed by atoms with E-state index in [2.05, 4.69) is 18.7 Å². The number of hydrogen-bond donors (Lipinski definition) is 0. The van der Waals surface area contributed by atoms with E-state index in [4.69, 9.17) is 0 Å². The molecule has 0 bridgehead atoms. The molecule has 0 saturated carbocycles. The van der Waals surface area contributed by atoms with Crippen molar-refractivity contribution in [1.82, 2.24) is 4.90 Å². The number of carbonyl (C=O) groups excluding carboxylic acids is 1. The minimum Gasteiger partial charge on any atom is -0.302 e. The molecule has 1 heterocycles. The van der Waals surface area contributed by atoms with Crippen LogP contribution in [0.5, 0.6) is 0 Å². The number of nitrogens with zero attached hydrogens (tertiary/aromatic N) is 1. The van der Waals surface area contributed by atoms with E-state index in [1.807, 2.05) is 18.8 Å². The predicted octanol–water partition coefficient (Wildman–Crippen LogP) is 0.969. The molecule has 1 fully saturated rings. The van der Waals surface area contributed by atoms with Crippen LogP contribution in [0, 0.1) is 0 Å². The van der Waals surface area contributed by atoms with Crippen LogP contribution in [-0.4, -0.2) is 34.9 Å². The second-order valence-electron chi connectivity index (χ2n) is 3.07. The fourth-order valence-corrected chi connectivity index (χ4v) is 2.25. The van der Waals surface area contributed by atoms with Gasteiger partial charge in [-0.1, -0.05) is 0 Å². The van der Waals surface area contributed by atoms with Crippen LogP contribution in [-0.2, 0) is 4.79 Å². The average Bonchev–Trinajstić information content (AvgIpc) is 2.10. The molecule has 58 valence electrons. The molecule has 0 spiro atoms. The lowest BCUT2D eigenvalue weighted by molar-refractivity contribution is -0.111. The molecule has 0 amide bonds. The minimum absolute atomic E-state index is 0.125. The summed E-state index contributed by atoms with van der Waals surface area (Å²) in [4.78, 5) is 12.7. The van der Waals surface area contributed by atoms with Gasteiger partial charge in [0.1, 0.15) is 6.29 Å². The van der Waals surface area contributed by atoms with Gasteiger partial charge < -0.3 is 4.79 Å². The number of aldehydes is 1. The highest BCUT2D eigenvalue weighted by Gasteiger charge is 2.36. The largest absolute Gasteiger partial charge is 0.302 e. The lowest BCUT2D eigenvalue weighted by atomic mass is 10.2. The average molecular weight is 159 g/mol. The Kier molecular flexibility index (Phi) is 2.06. The van der Waals surface area contributed by atoms with E-state index in [1.54, 1.807) is 0 Å². The van der Waals surface area contributed by atoms with Gasteiger partial charge in [-0.3, -0.25) is 4.90 Å². The van der Waals surface area contributed by atoms with Gasteiger partial charge in [-0.05, 0) is 20.9 Å². The molecule has 10 heavy (non-hydrogen) atoms. The monoisotopic (exact) mass is 159 g/mol. The van der Waals surface area contributed by atoms with Crippen molar-refractivity contribution < 1.29 is 4.79 Å². The van der Waals surface area contributed by atoms with Crippen molar-refractivity contribution in [2.75, 3.05) is 12.8 Å². The van der Waals surface area contributed by atoms with Gasteiger partial charge in [-0.25, -0.2) is 0 Å². The summed E-state index contributed by atoms with van der Waals surface area (Å²) in [5.41, 5.74) is 0. The SMILES string of the molecule is CN1C(C=O)CSC1(C)C. The first-order chi connectivity index (χ1) is 4.58. The zero-order valence-corrected chi connectivity index (χ0v) is 7.44. The molecular formula is C7H13NOS. The van der Waals surface area contributed by atoms with Gasteiger partial charge in [0.25, 0.3) is 0 Å². The number of hydrogen-bond acceptors (Lipinski definition) is 3. The van der Waals surface area contributed by atoms with Gasteiger partial charge in [0.05, 0.1) is 10.9 Å². The van der Waals surface area contributed by atoms with E-state index < -0.39 is 0 Å². The molecule has 1 saturated heterocycles. The van der Waals surface area contributed by atoms with Crippen LogP contribution in [0.4, 0.5) is 0 Å². The fraction of sp³-hybridized carbons (Fsp3) is 0.857. The molecule has 1 aliphatic rings. The third-order valence-electron chi connectivity index (χ3n) is 2.11. The maximum atomic E-state index is 10.5. The Bertz CT molecular complexity index is 147. The maximum absolute atomic E-state index is 10.5. The molecule has 0 aromatic heterocycles. The first-order valence-electron chi connectivity index (χ1n) is 3.40. The van der Waals surface area contributed by atoms with Gasteiger partial charge in [-0.15, -0.1) is 11.8 Å². The van der Waals surface area contributed by atoms with E-state index in [0.717, 1.165) is 12.0 Å². The minimum atomic E-state index is 0.125. The highest BCUT2D eigenvalue weighted by Crippen LogP contribution is 2.36. The van der Waals surface area contributed by atoms with Crippen molar-refractivity contribution >= 4 is 18.0 Å². The van der Waals surface area contributed by atoms with E-state index in [0.29, 0.717) is 0 Å². The standard InChI is InChI=1S/C7H13NOS/c1-7(2)8(3)6(4-9)5-10-7/h4,6H,5H2,1-3H3. The van der Waals surface area contributed by atoms with Crippen molar-refractivity contribution in [2.45, 2.75) is 24.8 Å². The van der Waals surface area contributed by atoms with E-state index >= 15 is 0 Å². The van der Waals surface area contributed by atoms with Crippen molar-refractivity contribution in [2.24, 2.45) is 0 Å². The van der Waals surface area contributed by atoms with Gasteiger partial charge in [0.2, 0.25) is 0 Å². The Morgan fingerprint density at radius 1 is 1.70 bits per heavy atom. The van der Waals surface area contributed by atoms with Crippen LogP contribution in [0.15, 0.2) is 0 Å². The van der Waals surface area contributed by atoms with Crippen LogP contribution in [0.1, 0.15) is 13.8 Å². The lowest BCUT2D eigenvalue weighted by Crippen LogP contribution is -2.39. The maximum Gasteiger partial charge on any atom is 0.137 e. The quantitative estimate of drug-likeness (QED) is 0.532. The lowest BCUT2D eigenvalue weighted by Gasteiger charge is -2.28. The summed E-state index contributed by atoms with van der Waals surface area (Å²) in [6.07, 6.45) is 1.03. The first-order valence-corrected chi connectivity index (χ1v) is 4.38. The van der Waals surface area contributed by atoms with Crippen molar-refractivity contribution in [3.63, 3.8) is 0 Å². The molecule has 2 nitrogen and oxygen atoms in total. The first kappa shape index (κ1) is 8.08. The number of carbonyl (C=O) groups is 1. The summed E-state index contributed by atoms with van der Waals surface area (Å²) in [6, 6.07) is 0.125.